The highest BCUT2D eigenvalue weighted by Gasteiger charge is 2.20. The number of hydrogen-bond donors (Lipinski definition) is 0. The van der Waals surface area contributed by atoms with Gasteiger partial charge in [0.25, 0.3) is 0 Å². The van der Waals surface area contributed by atoms with Crippen molar-refractivity contribution in [2.45, 2.75) is 438 Å². The third-order valence-corrected chi connectivity index (χ3v) is 17.1. The largest absolute Gasteiger partial charge is 0.462 e. The van der Waals surface area contributed by atoms with Crippen LogP contribution in [0.2, 0.25) is 0 Å². The third-order valence-electron chi connectivity index (χ3n) is 17.1. The molecule has 0 saturated heterocycles. The Morgan fingerprint density at radius 1 is 0.203 bits per heavy atom. The molecule has 0 N–H and O–H groups in total. The van der Waals surface area contributed by atoms with E-state index < -0.39 is 6.10 Å². The second kappa shape index (κ2) is 68.9. The lowest BCUT2D eigenvalue weighted by atomic mass is 10.0. The molecule has 0 aromatic carbocycles. The molecule has 0 aromatic rings. The van der Waals surface area contributed by atoms with Crippen molar-refractivity contribution >= 4 is 17.9 Å². The maximum absolute atomic E-state index is 13.0. The van der Waals surface area contributed by atoms with Gasteiger partial charge in [-0.25, -0.2) is 0 Å². The molecule has 0 saturated carbocycles. The van der Waals surface area contributed by atoms with Gasteiger partial charge in [0.15, 0.2) is 6.10 Å². The Morgan fingerprint density at radius 2 is 0.342 bits per heavy atom. The lowest BCUT2D eigenvalue weighted by Gasteiger charge is -2.18. The highest BCUT2D eigenvalue weighted by Crippen LogP contribution is 2.20. The summed E-state index contributed by atoms with van der Waals surface area (Å²) in [6.07, 6.45) is 81.4. The minimum atomic E-state index is -0.763. The van der Waals surface area contributed by atoms with Crippen LogP contribution in [0.5, 0.6) is 0 Å². The van der Waals surface area contributed by atoms with Crippen LogP contribution in [0.15, 0.2) is 0 Å². The van der Waals surface area contributed by atoms with E-state index in [1.807, 2.05) is 0 Å². The molecule has 0 heterocycles. The van der Waals surface area contributed by atoms with Crippen LogP contribution in [0.3, 0.4) is 0 Å². The number of ether oxygens (including phenoxy) is 3. The molecule has 1 atom stereocenters. The van der Waals surface area contributed by atoms with Gasteiger partial charge in [0.1, 0.15) is 13.2 Å². The van der Waals surface area contributed by atoms with Crippen molar-refractivity contribution in [3.63, 3.8) is 0 Å². The summed E-state index contributed by atoms with van der Waals surface area (Å²) in [5.41, 5.74) is 0. The van der Waals surface area contributed by atoms with Crippen molar-refractivity contribution in [3.8, 4) is 0 Å². The van der Waals surface area contributed by atoms with E-state index in [1.165, 1.54) is 334 Å². The van der Waals surface area contributed by atoms with Crippen molar-refractivity contribution in [1.82, 2.24) is 0 Å². The molecular formula is C73H142O6. The second-order valence-corrected chi connectivity index (χ2v) is 25.2. The highest BCUT2D eigenvalue weighted by atomic mass is 16.6. The van der Waals surface area contributed by atoms with Gasteiger partial charge >= 0.3 is 17.9 Å². The monoisotopic (exact) mass is 1120 g/mol. The van der Waals surface area contributed by atoms with Gasteiger partial charge < -0.3 is 14.2 Å². The van der Waals surface area contributed by atoms with Crippen molar-refractivity contribution < 1.29 is 28.6 Å². The van der Waals surface area contributed by atoms with Crippen molar-refractivity contribution in [1.29, 1.82) is 0 Å². The van der Waals surface area contributed by atoms with E-state index in [-0.39, 0.29) is 31.1 Å². The zero-order valence-electron chi connectivity index (χ0n) is 54.2. The predicted octanol–water partition coefficient (Wildman–Crippen LogP) is 25.0. The van der Waals surface area contributed by atoms with Gasteiger partial charge in [-0.15, -0.1) is 0 Å². The highest BCUT2D eigenvalue weighted by molar-refractivity contribution is 5.71. The van der Waals surface area contributed by atoms with Crippen LogP contribution in [0.1, 0.15) is 432 Å². The molecule has 0 rings (SSSR count). The third kappa shape index (κ3) is 67.1. The minimum absolute atomic E-state index is 0.0600. The van der Waals surface area contributed by atoms with Gasteiger partial charge in [-0.3, -0.25) is 14.4 Å². The molecule has 0 radical (unpaired) electrons. The van der Waals surface area contributed by atoms with Crippen LogP contribution in [-0.2, 0) is 28.6 Å². The first-order valence-corrected chi connectivity index (χ1v) is 36.5. The molecule has 470 valence electrons. The van der Waals surface area contributed by atoms with Crippen molar-refractivity contribution in [3.05, 3.63) is 0 Å². The molecule has 0 aromatic heterocycles. The first kappa shape index (κ1) is 77.4. The van der Waals surface area contributed by atoms with E-state index in [2.05, 4.69) is 20.8 Å². The quantitative estimate of drug-likeness (QED) is 0.0343. The van der Waals surface area contributed by atoms with Crippen LogP contribution >= 0.6 is 0 Å². The summed E-state index contributed by atoms with van der Waals surface area (Å²) in [5.74, 6) is -0.817. The Morgan fingerprint density at radius 3 is 0.506 bits per heavy atom. The molecule has 6 heteroatoms. The average molecular weight is 1120 g/mol. The molecule has 6 nitrogen and oxygen atoms in total. The van der Waals surface area contributed by atoms with Gasteiger partial charge in [-0.05, 0) is 19.3 Å². The van der Waals surface area contributed by atoms with Crippen molar-refractivity contribution in [2.24, 2.45) is 0 Å². The first-order chi connectivity index (χ1) is 39.0. The van der Waals surface area contributed by atoms with Crippen LogP contribution < -0.4 is 0 Å². The summed E-state index contributed by atoms with van der Waals surface area (Å²) in [7, 11) is 0. The molecule has 1 unspecified atom stereocenters. The topological polar surface area (TPSA) is 78.9 Å². The Balaban J connectivity index is 4.19. The molecule has 0 aliphatic rings. The average Bonchev–Trinajstić information content (AvgIpc) is 3.45. The van der Waals surface area contributed by atoms with Crippen LogP contribution in [0.25, 0.3) is 0 Å². The second-order valence-electron chi connectivity index (χ2n) is 25.2. The van der Waals surface area contributed by atoms with Gasteiger partial charge in [0.2, 0.25) is 0 Å². The maximum atomic E-state index is 13.0. The fourth-order valence-corrected chi connectivity index (χ4v) is 11.6. The number of esters is 3. The van der Waals surface area contributed by atoms with E-state index >= 15 is 0 Å². The van der Waals surface area contributed by atoms with E-state index in [0.717, 1.165) is 57.8 Å². The summed E-state index contributed by atoms with van der Waals surface area (Å²) in [6, 6.07) is 0. The minimum Gasteiger partial charge on any atom is -0.462 e. The number of carbonyl (C=O) groups is 3. The predicted molar refractivity (Wildman–Crippen MR) is 344 cm³/mol. The van der Waals surface area contributed by atoms with E-state index in [9.17, 15) is 14.4 Å². The summed E-state index contributed by atoms with van der Waals surface area (Å²) in [6.45, 7) is 6.75. The Bertz CT molecular complexity index is 1190. The van der Waals surface area contributed by atoms with E-state index in [4.69, 9.17) is 14.2 Å². The number of unbranched alkanes of at least 4 members (excludes halogenated alkanes) is 58. The van der Waals surface area contributed by atoms with Gasteiger partial charge in [-0.1, -0.05) is 393 Å². The fraction of sp³-hybridized carbons (Fsp3) is 0.959. The SMILES string of the molecule is CCCCCCCCCCCCCCCCCCCCCCCCCCCCCC(=O)OCC(COC(=O)CCCCCCCCCCCCCCCCCC)OC(=O)CCCCCCCCCCCCCCCCCCCC. The Kier molecular flexibility index (Phi) is 67.5. The summed E-state index contributed by atoms with van der Waals surface area (Å²) in [4.78, 5) is 38.5. The van der Waals surface area contributed by atoms with Crippen LogP contribution in [0.4, 0.5) is 0 Å². The zero-order valence-corrected chi connectivity index (χ0v) is 54.2. The smallest absolute Gasteiger partial charge is 0.306 e. The molecule has 0 aliphatic carbocycles. The van der Waals surface area contributed by atoms with E-state index in [1.54, 1.807) is 0 Å². The van der Waals surface area contributed by atoms with E-state index in [0.29, 0.717) is 19.3 Å². The zero-order chi connectivity index (χ0) is 57.1. The normalized spacial score (nSPS) is 11.9. The molecule has 79 heavy (non-hydrogen) atoms. The Labute approximate surface area is 495 Å². The summed E-state index contributed by atoms with van der Waals surface area (Å²) in [5, 5.41) is 0. The molecular weight excluding hydrogens is 973 g/mol. The lowest BCUT2D eigenvalue weighted by Crippen LogP contribution is -2.30. The fourth-order valence-electron chi connectivity index (χ4n) is 11.6. The number of carbonyl (C=O) groups excluding carboxylic acids is 3. The summed E-state index contributed by atoms with van der Waals surface area (Å²) >= 11 is 0. The lowest BCUT2D eigenvalue weighted by molar-refractivity contribution is -0.167. The first-order valence-electron chi connectivity index (χ1n) is 36.5. The van der Waals surface area contributed by atoms with Gasteiger partial charge in [0, 0.05) is 19.3 Å². The Hall–Kier alpha value is -1.59. The molecule has 0 spiro atoms. The molecule has 0 aliphatic heterocycles. The maximum Gasteiger partial charge on any atom is 0.306 e. The van der Waals surface area contributed by atoms with Crippen LogP contribution in [0, 0.1) is 0 Å². The van der Waals surface area contributed by atoms with Crippen molar-refractivity contribution in [2.75, 3.05) is 13.2 Å². The standard InChI is InChI=1S/C73H142O6/c1-4-7-10-13-16-19-22-25-28-31-33-34-35-36-37-38-39-40-41-43-45-48-51-54-57-60-63-66-72(75)78-69-70(68-77-71(74)65-62-59-56-53-50-47-44-30-27-24-21-18-15-12-9-6-3)79-73(76)67-64-61-58-55-52-49-46-42-32-29-26-23-20-17-14-11-8-5-2/h70H,4-69H2,1-3H3. The van der Waals surface area contributed by atoms with Gasteiger partial charge in [-0.2, -0.15) is 0 Å². The molecule has 0 bridgehead atoms. The number of rotatable bonds is 69. The molecule has 0 amide bonds. The molecule has 0 fully saturated rings. The number of hydrogen-bond acceptors (Lipinski definition) is 6. The van der Waals surface area contributed by atoms with Gasteiger partial charge in [0.05, 0.1) is 0 Å². The van der Waals surface area contributed by atoms with Crippen LogP contribution in [-0.4, -0.2) is 37.2 Å². The summed E-state index contributed by atoms with van der Waals surface area (Å²) < 4.78 is 17.0.